The van der Waals surface area contributed by atoms with Gasteiger partial charge in [0.2, 0.25) is 5.91 Å². The van der Waals surface area contributed by atoms with Gasteiger partial charge in [-0.3, -0.25) is 13.9 Å². The maximum atomic E-state index is 13.1. The van der Waals surface area contributed by atoms with Gasteiger partial charge in [0.1, 0.15) is 6.54 Å². The van der Waals surface area contributed by atoms with Crippen LogP contribution in [0.5, 0.6) is 0 Å². The summed E-state index contributed by atoms with van der Waals surface area (Å²) >= 11 is 2.06. The molecule has 0 unspecified atom stereocenters. The van der Waals surface area contributed by atoms with Crippen molar-refractivity contribution >= 4 is 55.9 Å². The summed E-state index contributed by atoms with van der Waals surface area (Å²) in [6.07, 6.45) is 0. The SMILES string of the molecule is COC(=O)CN(c1cccc(I)c1)S(=O)(=O)c1ccc(NC(C)=O)cc1. The third kappa shape index (κ3) is 4.94. The first-order chi connectivity index (χ1) is 12.2. The lowest BCUT2D eigenvalue weighted by Gasteiger charge is -2.23. The standard InChI is InChI=1S/C17H17IN2O5S/c1-12(21)19-14-6-8-16(9-7-14)26(23,24)20(11-17(22)25-2)15-5-3-4-13(18)10-15/h3-10H,11H2,1-2H3,(H,19,21). The van der Waals surface area contributed by atoms with Crippen LogP contribution >= 0.6 is 22.6 Å². The van der Waals surface area contributed by atoms with Crippen molar-refractivity contribution in [2.24, 2.45) is 0 Å². The molecular weight excluding hydrogens is 471 g/mol. The Morgan fingerprint density at radius 1 is 1.15 bits per heavy atom. The van der Waals surface area contributed by atoms with Gasteiger partial charge in [-0.1, -0.05) is 6.07 Å². The Bertz CT molecular complexity index is 913. The Morgan fingerprint density at radius 2 is 1.81 bits per heavy atom. The van der Waals surface area contributed by atoms with E-state index in [-0.39, 0.29) is 10.8 Å². The monoisotopic (exact) mass is 488 g/mol. The molecule has 138 valence electrons. The second-order valence-electron chi connectivity index (χ2n) is 5.27. The number of methoxy groups -OCH3 is 1. The Labute approximate surface area is 165 Å². The normalized spacial score (nSPS) is 10.9. The van der Waals surface area contributed by atoms with Gasteiger partial charge in [-0.2, -0.15) is 0 Å². The van der Waals surface area contributed by atoms with Gasteiger partial charge in [0.05, 0.1) is 17.7 Å². The van der Waals surface area contributed by atoms with Gasteiger partial charge < -0.3 is 10.1 Å². The van der Waals surface area contributed by atoms with Crippen LogP contribution in [0.25, 0.3) is 0 Å². The number of carbonyl (C=O) groups is 2. The number of sulfonamides is 1. The molecule has 9 heteroatoms. The summed E-state index contributed by atoms with van der Waals surface area (Å²) in [6.45, 7) is 0.909. The number of benzene rings is 2. The average molecular weight is 488 g/mol. The lowest BCUT2D eigenvalue weighted by atomic mass is 10.3. The summed E-state index contributed by atoms with van der Waals surface area (Å²) in [5.41, 5.74) is 0.832. The highest BCUT2D eigenvalue weighted by Gasteiger charge is 2.27. The molecule has 26 heavy (non-hydrogen) atoms. The highest BCUT2D eigenvalue weighted by molar-refractivity contribution is 14.1. The van der Waals surface area contributed by atoms with E-state index >= 15 is 0 Å². The van der Waals surface area contributed by atoms with Crippen molar-refractivity contribution in [2.75, 3.05) is 23.3 Å². The van der Waals surface area contributed by atoms with Crippen molar-refractivity contribution in [2.45, 2.75) is 11.8 Å². The Balaban J connectivity index is 2.44. The third-order valence-corrected chi connectivity index (χ3v) is 5.82. The van der Waals surface area contributed by atoms with Gasteiger partial charge in [-0.05, 0) is 65.1 Å². The van der Waals surface area contributed by atoms with Crippen LogP contribution in [0.4, 0.5) is 11.4 Å². The van der Waals surface area contributed by atoms with Crippen LogP contribution in [0.3, 0.4) is 0 Å². The predicted octanol–water partition coefficient (Wildman–Crippen LogP) is 2.62. The van der Waals surface area contributed by atoms with E-state index < -0.39 is 22.5 Å². The summed E-state index contributed by atoms with van der Waals surface area (Å²) in [7, 11) is -2.81. The van der Waals surface area contributed by atoms with Gasteiger partial charge in [-0.25, -0.2) is 8.42 Å². The van der Waals surface area contributed by atoms with Gasteiger partial charge >= 0.3 is 5.97 Å². The van der Waals surface area contributed by atoms with Crippen LogP contribution in [0.1, 0.15) is 6.92 Å². The summed E-state index contributed by atoms with van der Waals surface area (Å²) < 4.78 is 32.6. The zero-order valence-corrected chi connectivity index (χ0v) is 17.1. The average Bonchev–Trinajstić information content (AvgIpc) is 2.59. The fourth-order valence-electron chi connectivity index (χ4n) is 2.17. The van der Waals surface area contributed by atoms with Crippen molar-refractivity contribution in [1.82, 2.24) is 0 Å². The van der Waals surface area contributed by atoms with E-state index in [1.54, 1.807) is 18.2 Å². The van der Waals surface area contributed by atoms with Crippen LogP contribution in [-0.4, -0.2) is 33.9 Å². The van der Waals surface area contributed by atoms with E-state index in [1.807, 2.05) is 6.07 Å². The number of esters is 1. The Hall–Kier alpha value is -2.14. The number of rotatable bonds is 6. The lowest BCUT2D eigenvalue weighted by molar-refractivity contribution is -0.138. The number of halogens is 1. The van der Waals surface area contributed by atoms with Crippen LogP contribution in [0.2, 0.25) is 0 Å². The number of hydrogen-bond donors (Lipinski definition) is 1. The molecule has 1 amide bonds. The first kappa shape index (κ1) is 20.2. The molecule has 0 fully saturated rings. The molecule has 0 aliphatic heterocycles. The summed E-state index contributed by atoms with van der Waals surface area (Å²) in [5.74, 6) is -0.936. The van der Waals surface area contributed by atoms with E-state index in [2.05, 4.69) is 32.6 Å². The highest BCUT2D eigenvalue weighted by Crippen LogP contribution is 2.26. The number of carbonyl (C=O) groups excluding carboxylic acids is 2. The topological polar surface area (TPSA) is 92.8 Å². The Kier molecular flexibility index (Phi) is 6.59. The van der Waals surface area contributed by atoms with Crippen LogP contribution in [-0.2, 0) is 24.3 Å². The molecule has 1 N–H and O–H groups in total. The largest absolute Gasteiger partial charge is 0.468 e. The molecule has 0 bridgehead atoms. The minimum absolute atomic E-state index is 0.00522. The zero-order valence-electron chi connectivity index (χ0n) is 14.1. The van der Waals surface area contributed by atoms with Crippen molar-refractivity contribution in [1.29, 1.82) is 0 Å². The van der Waals surface area contributed by atoms with Gasteiger partial charge in [-0.15, -0.1) is 0 Å². The van der Waals surface area contributed by atoms with Crippen LogP contribution in [0, 0.1) is 3.57 Å². The van der Waals surface area contributed by atoms with E-state index in [9.17, 15) is 18.0 Å². The molecule has 0 aliphatic rings. The number of amides is 1. The molecule has 0 atom stereocenters. The molecule has 0 aliphatic carbocycles. The summed E-state index contributed by atoms with van der Waals surface area (Å²) in [4.78, 5) is 22.8. The second-order valence-corrected chi connectivity index (χ2v) is 8.38. The molecular formula is C17H17IN2O5S. The molecule has 7 nitrogen and oxygen atoms in total. The van der Waals surface area contributed by atoms with Gasteiger partial charge in [0.25, 0.3) is 10.0 Å². The molecule has 0 aromatic heterocycles. The number of nitrogens with one attached hydrogen (secondary N) is 1. The van der Waals surface area contributed by atoms with E-state index in [4.69, 9.17) is 0 Å². The highest BCUT2D eigenvalue weighted by atomic mass is 127. The van der Waals surface area contributed by atoms with Crippen molar-refractivity contribution < 1.29 is 22.7 Å². The Morgan fingerprint density at radius 3 is 2.35 bits per heavy atom. The minimum atomic E-state index is -4.00. The second kappa shape index (κ2) is 8.49. The number of anilines is 2. The fourth-order valence-corrected chi connectivity index (χ4v) is 4.10. The maximum absolute atomic E-state index is 13.1. The zero-order chi connectivity index (χ0) is 19.3. The van der Waals surface area contributed by atoms with Gasteiger partial charge in [0.15, 0.2) is 0 Å². The molecule has 2 rings (SSSR count). The van der Waals surface area contributed by atoms with E-state index in [0.717, 1.165) is 7.88 Å². The number of hydrogen-bond acceptors (Lipinski definition) is 5. The molecule has 0 heterocycles. The molecule has 2 aromatic carbocycles. The molecule has 0 spiro atoms. The summed E-state index contributed by atoms with van der Waals surface area (Å²) in [6, 6.07) is 12.5. The minimum Gasteiger partial charge on any atom is -0.468 e. The molecule has 2 aromatic rings. The fraction of sp³-hybridized carbons (Fsp3) is 0.176. The first-order valence-electron chi connectivity index (χ1n) is 7.47. The quantitative estimate of drug-likeness (QED) is 0.499. The first-order valence-corrected chi connectivity index (χ1v) is 9.98. The number of nitrogens with zero attached hydrogens (tertiary/aromatic N) is 1. The van der Waals surface area contributed by atoms with Crippen LogP contribution in [0.15, 0.2) is 53.4 Å². The third-order valence-electron chi connectivity index (χ3n) is 3.36. The lowest BCUT2D eigenvalue weighted by Crippen LogP contribution is -2.36. The van der Waals surface area contributed by atoms with Crippen molar-refractivity contribution in [3.63, 3.8) is 0 Å². The molecule has 0 saturated heterocycles. The van der Waals surface area contributed by atoms with Crippen LogP contribution < -0.4 is 9.62 Å². The smallest absolute Gasteiger partial charge is 0.326 e. The number of ether oxygens (including phenoxy) is 1. The van der Waals surface area contributed by atoms with E-state index in [1.165, 1.54) is 38.3 Å². The predicted molar refractivity (Wildman–Crippen MR) is 106 cm³/mol. The summed E-state index contributed by atoms with van der Waals surface area (Å²) in [5, 5.41) is 2.57. The molecule has 0 radical (unpaired) electrons. The van der Waals surface area contributed by atoms with Gasteiger partial charge in [0, 0.05) is 16.2 Å². The van der Waals surface area contributed by atoms with E-state index in [0.29, 0.717) is 11.4 Å². The maximum Gasteiger partial charge on any atom is 0.326 e. The molecule has 0 saturated carbocycles. The van der Waals surface area contributed by atoms with Crippen molar-refractivity contribution in [3.05, 3.63) is 52.1 Å². The van der Waals surface area contributed by atoms with Crippen molar-refractivity contribution in [3.8, 4) is 0 Å².